The molecular formula is C23H20O4. The number of rotatable bonds is 5. The van der Waals surface area contributed by atoms with Gasteiger partial charge in [0, 0.05) is 0 Å². The summed E-state index contributed by atoms with van der Waals surface area (Å²) >= 11 is 0. The minimum atomic E-state index is -0.136. The summed E-state index contributed by atoms with van der Waals surface area (Å²) in [6, 6.07) is 17.9. The Labute approximate surface area is 157 Å². The van der Waals surface area contributed by atoms with Crippen LogP contribution in [0.1, 0.15) is 22.3 Å². The van der Waals surface area contributed by atoms with E-state index in [4.69, 9.17) is 4.74 Å². The first-order valence-corrected chi connectivity index (χ1v) is 8.40. The number of phenolic OH excluding ortho intramolecular Hbond substituents is 3. The first kappa shape index (κ1) is 18.1. The molecule has 0 saturated carbocycles. The first-order valence-electron chi connectivity index (χ1n) is 8.40. The second-order valence-electron chi connectivity index (χ2n) is 6.01. The molecule has 27 heavy (non-hydrogen) atoms. The molecule has 0 saturated heterocycles. The van der Waals surface area contributed by atoms with Gasteiger partial charge in [-0.3, -0.25) is 0 Å². The lowest BCUT2D eigenvalue weighted by Gasteiger charge is -2.03. The van der Waals surface area contributed by atoms with Crippen LogP contribution in [0.3, 0.4) is 0 Å². The number of aromatic hydroxyl groups is 3. The van der Waals surface area contributed by atoms with Crippen LogP contribution in [0.25, 0.3) is 24.3 Å². The molecule has 3 rings (SSSR count). The van der Waals surface area contributed by atoms with Crippen LogP contribution >= 0.6 is 0 Å². The fraction of sp³-hybridized carbons (Fsp3) is 0.0435. The molecule has 0 heterocycles. The maximum Gasteiger partial charge on any atom is 0.161 e. The average molecular weight is 359 g/mol. The molecule has 0 aromatic heterocycles. The van der Waals surface area contributed by atoms with Crippen molar-refractivity contribution in [3.05, 3.63) is 82.9 Å². The highest BCUT2D eigenvalue weighted by atomic mass is 16.4. The second-order valence-corrected chi connectivity index (χ2v) is 6.01. The Balaban J connectivity index is 1.69. The summed E-state index contributed by atoms with van der Waals surface area (Å²) in [6.45, 7) is 0. The lowest BCUT2D eigenvalue weighted by Crippen LogP contribution is -1.84. The number of hydrogen-bond acceptors (Lipinski definition) is 4. The predicted molar refractivity (Wildman–Crippen MR) is 109 cm³/mol. The predicted octanol–water partition coefficient (Wildman–Crippen LogP) is 5.15. The molecule has 0 radical (unpaired) electrons. The molecule has 0 fully saturated rings. The summed E-state index contributed by atoms with van der Waals surface area (Å²) in [7, 11) is 1.52. The van der Waals surface area contributed by atoms with Crippen molar-refractivity contribution in [2.75, 3.05) is 7.11 Å². The topological polar surface area (TPSA) is 69.9 Å². The van der Waals surface area contributed by atoms with E-state index in [9.17, 15) is 15.3 Å². The Morgan fingerprint density at radius 2 is 1.00 bits per heavy atom. The van der Waals surface area contributed by atoms with E-state index in [-0.39, 0.29) is 17.2 Å². The lowest BCUT2D eigenvalue weighted by atomic mass is 10.1. The normalized spacial score (nSPS) is 11.3. The van der Waals surface area contributed by atoms with Crippen molar-refractivity contribution in [1.29, 1.82) is 0 Å². The third kappa shape index (κ3) is 4.70. The van der Waals surface area contributed by atoms with E-state index in [1.54, 1.807) is 18.2 Å². The molecule has 0 spiro atoms. The van der Waals surface area contributed by atoms with Gasteiger partial charge in [0.25, 0.3) is 0 Å². The van der Waals surface area contributed by atoms with E-state index < -0.39 is 0 Å². The fourth-order valence-electron chi connectivity index (χ4n) is 2.55. The van der Waals surface area contributed by atoms with Crippen molar-refractivity contribution in [2.24, 2.45) is 0 Å². The molecule has 0 aliphatic rings. The molecule has 0 aliphatic heterocycles. The monoisotopic (exact) mass is 359 g/mol. The first-order chi connectivity index (χ1) is 13.0. The van der Waals surface area contributed by atoms with Crippen molar-refractivity contribution >= 4 is 24.3 Å². The minimum Gasteiger partial charge on any atom is -0.504 e. The third-order valence-electron chi connectivity index (χ3n) is 4.08. The molecule has 3 aromatic rings. The zero-order valence-corrected chi connectivity index (χ0v) is 14.8. The maximum absolute atomic E-state index is 9.63. The molecule has 0 bridgehead atoms. The van der Waals surface area contributed by atoms with E-state index in [0.717, 1.165) is 22.3 Å². The standard InChI is InChI=1S/C23H20O4/c1-27-23-15-19(11-13-21(23)25)9-7-17-4-2-16(3-5-17)6-8-18-10-12-20(24)22(26)14-18/h2-15,24-26H,1H3/b8-6+,9-7+/i1-1. The van der Waals surface area contributed by atoms with Crippen molar-refractivity contribution in [3.8, 4) is 23.0 Å². The summed E-state index contributed by atoms with van der Waals surface area (Å²) in [4.78, 5) is 0. The zero-order valence-electron chi connectivity index (χ0n) is 14.8. The SMILES string of the molecule is [11CH3]Oc1cc(/C=C/c2ccc(/C=C/c3ccc(O)c(O)c3)cc2)ccc1O. The highest BCUT2D eigenvalue weighted by Gasteiger charge is 2.00. The highest BCUT2D eigenvalue weighted by Crippen LogP contribution is 2.27. The number of hydrogen-bond donors (Lipinski definition) is 3. The zero-order chi connectivity index (χ0) is 19.2. The van der Waals surface area contributed by atoms with E-state index in [0.29, 0.717) is 5.75 Å². The van der Waals surface area contributed by atoms with Gasteiger partial charge in [0.05, 0.1) is 7.11 Å². The number of methoxy groups -OCH3 is 1. The van der Waals surface area contributed by atoms with Gasteiger partial charge in [0.15, 0.2) is 23.0 Å². The quantitative estimate of drug-likeness (QED) is 0.435. The van der Waals surface area contributed by atoms with Crippen molar-refractivity contribution < 1.29 is 20.1 Å². The third-order valence-corrected chi connectivity index (χ3v) is 4.08. The van der Waals surface area contributed by atoms with Gasteiger partial charge in [-0.1, -0.05) is 60.7 Å². The number of ether oxygens (including phenoxy) is 1. The number of phenols is 3. The van der Waals surface area contributed by atoms with Crippen LogP contribution in [-0.2, 0) is 0 Å². The largest absolute Gasteiger partial charge is 0.504 e. The fourth-order valence-corrected chi connectivity index (χ4v) is 2.55. The van der Waals surface area contributed by atoms with Gasteiger partial charge in [-0.25, -0.2) is 0 Å². The molecule has 0 unspecified atom stereocenters. The highest BCUT2D eigenvalue weighted by molar-refractivity contribution is 5.74. The molecule has 3 N–H and O–H groups in total. The van der Waals surface area contributed by atoms with E-state index in [1.807, 2.05) is 54.6 Å². The Bertz CT molecular complexity index is 986. The molecule has 4 heteroatoms. The maximum atomic E-state index is 9.63. The van der Waals surface area contributed by atoms with Gasteiger partial charge in [-0.05, 0) is 46.5 Å². The van der Waals surface area contributed by atoms with Gasteiger partial charge in [0.2, 0.25) is 0 Å². The molecule has 0 aliphatic carbocycles. The van der Waals surface area contributed by atoms with Crippen LogP contribution in [0, 0.1) is 0 Å². The van der Waals surface area contributed by atoms with E-state index >= 15 is 0 Å². The van der Waals surface area contributed by atoms with Crippen LogP contribution in [0.2, 0.25) is 0 Å². The van der Waals surface area contributed by atoms with Crippen LogP contribution in [-0.4, -0.2) is 22.4 Å². The minimum absolute atomic E-state index is 0.118. The Morgan fingerprint density at radius 1 is 0.556 bits per heavy atom. The van der Waals surface area contributed by atoms with Crippen LogP contribution < -0.4 is 4.74 Å². The smallest absolute Gasteiger partial charge is 0.161 e. The van der Waals surface area contributed by atoms with Gasteiger partial charge >= 0.3 is 0 Å². The van der Waals surface area contributed by atoms with Crippen LogP contribution in [0.4, 0.5) is 0 Å². The van der Waals surface area contributed by atoms with Gasteiger partial charge in [0.1, 0.15) is 0 Å². The Kier molecular flexibility index (Phi) is 5.47. The summed E-state index contributed by atoms with van der Waals surface area (Å²) in [6.07, 6.45) is 7.74. The molecular weight excluding hydrogens is 339 g/mol. The van der Waals surface area contributed by atoms with Crippen molar-refractivity contribution in [1.82, 2.24) is 0 Å². The summed E-state index contributed by atoms with van der Waals surface area (Å²) in [5.74, 6) is 0.295. The second kappa shape index (κ2) is 8.15. The van der Waals surface area contributed by atoms with Crippen LogP contribution in [0.15, 0.2) is 60.7 Å². The Hall–Kier alpha value is -3.66. The van der Waals surface area contributed by atoms with Crippen LogP contribution in [0.5, 0.6) is 23.0 Å². The van der Waals surface area contributed by atoms with Gasteiger partial charge in [-0.2, -0.15) is 0 Å². The molecule has 0 amide bonds. The molecule has 3 aromatic carbocycles. The van der Waals surface area contributed by atoms with Crippen molar-refractivity contribution in [3.63, 3.8) is 0 Å². The number of benzene rings is 3. The summed E-state index contributed by atoms with van der Waals surface area (Å²) in [5, 5.41) is 28.5. The summed E-state index contributed by atoms with van der Waals surface area (Å²) in [5.41, 5.74) is 3.80. The molecule has 136 valence electrons. The van der Waals surface area contributed by atoms with E-state index in [1.165, 1.54) is 19.2 Å². The van der Waals surface area contributed by atoms with Crippen molar-refractivity contribution in [2.45, 2.75) is 0 Å². The average Bonchev–Trinajstić information content (AvgIpc) is 2.69. The molecule has 0 atom stereocenters. The molecule has 4 nitrogen and oxygen atoms in total. The summed E-state index contributed by atoms with van der Waals surface area (Å²) < 4.78 is 5.11. The van der Waals surface area contributed by atoms with Gasteiger partial charge in [-0.15, -0.1) is 0 Å². The van der Waals surface area contributed by atoms with Gasteiger partial charge < -0.3 is 20.1 Å². The Morgan fingerprint density at radius 3 is 1.52 bits per heavy atom. The van der Waals surface area contributed by atoms with E-state index in [2.05, 4.69) is 0 Å². The lowest BCUT2D eigenvalue weighted by molar-refractivity contribution is 0.373.